The van der Waals surface area contributed by atoms with Crippen LogP contribution in [0.5, 0.6) is 0 Å². The summed E-state index contributed by atoms with van der Waals surface area (Å²) < 4.78 is 5.26. The van der Waals surface area contributed by atoms with Crippen molar-refractivity contribution in [2.24, 2.45) is 0 Å². The molecule has 1 amide bonds. The molecule has 3 nitrogen and oxygen atoms in total. The van der Waals surface area contributed by atoms with Crippen LogP contribution in [-0.2, 0) is 4.74 Å². The minimum Gasteiger partial charge on any atom is -0.443 e. The third-order valence-electron chi connectivity index (χ3n) is 2.97. The average Bonchev–Trinajstić information content (AvgIpc) is 2.61. The summed E-state index contributed by atoms with van der Waals surface area (Å²) in [4.78, 5) is 11.3. The van der Waals surface area contributed by atoms with Crippen molar-refractivity contribution in [3.05, 3.63) is 0 Å². The summed E-state index contributed by atoms with van der Waals surface area (Å²) in [6.45, 7) is 1.99. The van der Waals surface area contributed by atoms with Gasteiger partial charge in [0, 0.05) is 6.04 Å². The third-order valence-corrected chi connectivity index (χ3v) is 2.97. The lowest BCUT2D eigenvalue weighted by Gasteiger charge is -2.15. The van der Waals surface area contributed by atoms with Crippen molar-refractivity contribution in [2.75, 3.05) is 0 Å². The van der Waals surface area contributed by atoms with Crippen molar-refractivity contribution in [1.29, 1.82) is 0 Å². The lowest BCUT2D eigenvalue weighted by atomic mass is 10.3. The molecule has 13 heavy (non-hydrogen) atoms. The minimum atomic E-state index is -0.216. The van der Waals surface area contributed by atoms with E-state index in [-0.39, 0.29) is 11.7 Å². The van der Waals surface area contributed by atoms with Crippen molar-refractivity contribution in [2.45, 2.75) is 57.1 Å². The van der Waals surface area contributed by atoms with Crippen molar-refractivity contribution in [3.63, 3.8) is 0 Å². The van der Waals surface area contributed by atoms with E-state index in [1.807, 2.05) is 6.92 Å². The lowest BCUT2D eigenvalue weighted by Crippen LogP contribution is -2.35. The molecule has 0 heterocycles. The van der Waals surface area contributed by atoms with Crippen LogP contribution in [0.4, 0.5) is 4.79 Å². The molecule has 2 fully saturated rings. The molecule has 0 atom stereocenters. The Labute approximate surface area is 78.8 Å². The standard InChI is InChI=1S/C10H17NO2/c1-10(6-7-10)13-9(12)11-8-4-2-3-5-8/h8H,2-7H2,1H3,(H,11,12). The van der Waals surface area contributed by atoms with Crippen LogP contribution < -0.4 is 5.32 Å². The van der Waals surface area contributed by atoms with E-state index < -0.39 is 0 Å². The summed E-state index contributed by atoms with van der Waals surface area (Å²) in [6, 6.07) is 0.370. The van der Waals surface area contributed by atoms with E-state index in [1.54, 1.807) is 0 Å². The Morgan fingerprint density at radius 1 is 1.38 bits per heavy atom. The first-order valence-electron chi connectivity index (χ1n) is 5.17. The fourth-order valence-electron chi connectivity index (χ4n) is 1.77. The molecular formula is C10H17NO2. The smallest absolute Gasteiger partial charge is 0.407 e. The highest BCUT2D eigenvalue weighted by molar-refractivity contribution is 5.68. The maximum absolute atomic E-state index is 11.3. The Bertz CT molecular complexity index is 205. The van der Waals surface area contributed by atoms with Crippen molar-refractivity contribution in [3.8, 4) is 0 Å². The number of amides is 1. The van der Waals surface area contributed by atoms with E-state index in [0.717, 1.165) is 25.7 Å². The van der Waals surface area contributed by atoms with Crippen molar-refractivity contribution < 1.29 is 9.53 Å². The van der Waals surface area contributed by atoms with Crippen LogP contribution >= 0.6 is 0 Å². The summed E-state index contributed by atoms with van der Waals surface area (Å²) in [5.41, 5.74) is -0.136. The van der Waals surface area contributed by atoms with Gasteiger partial charge in [0.1, 0.15) is 5.60 Å². The number of rotatable bonds is 2. The fourth-order valence-corrected chi connectivity index (χ4v) is 1.77. The number of carbonyl (C=O) groups excluding carboxylic acids is 1. The molecule has 0 bridgehead atoms. The molecule has 0 aromatic carbocycles. The fraction of sp³-hybridized carbons (Fsp3) is 0.900. The zero-order valence-corrected chi connectivity index (χ0v) is 8.14. The molecule has 0 unspecified atom stereocenters. The largest absolute Gasteiger partial charge is 0.443 e. The van der Waals surface area contributed by atoms with Gasteiger partial charge in [0.2, 0.25) is 0 Å². The van der Waals surface area contributed by atoms with Gasteiger partial charge in [-0.2, -0.15) is 0 Å². The summed E-state index contributed by atoms with van der Waals surface area (Å²) in [5.74, 6) is 0. The second kappa shape index (κ2) is 3.20. The van der Waals surface area contributed by atoms with Crippen LogP contribution in [0.25, 0.3) is 0 Å². The summed E-state index contributed by atoms with van der Waals surface area (Å²) in [7, 11) is 0. The van der Waals surface area contributed by atoms with E-state index in [1.165, 1.54) is 12.8 Å². The summed E-state index contributed by atoms with van der Waals surface area (Å²) >= 11 is 0. The highest BCUT2D eigenvalue weighted by Gasteiger charge is 2.42. The summed E-state index contributed by atoms with van der Waals surface area (Å²) in [6.07, 6.45) is 6.53. The maximum Gasteiger partial charge on any atom is 0.407 e. The lowest BCUT2D eigenvalue weighted by molar-refractivity contribution is 0.0905. The molecule has 1 N–H and O–H groups in total. The van der Waals surface area contributed by atoms with Gasteiger partial charge in [-0.3, -0.25) is 0 Å². The SMILES string of the molecule is CC1(OC(=O)NC2CCCC2)CC1. The second-order valence-electron chi connectivity index (χ2n) is 4.47. The molecule has 2 aliphatic carbocycles. The Kier molecular flexibility index (Phi) is 2.18. The molecule has 0 aromatic heterocycles. The first kappa shape index (κ1) is 8.85. The van der Waals surface area contributed by atoms with Crippen molar-refractivity contribution >= 4 is 6.09 Å². The molecule has 0 aliphatic heterocycles. The Morgan fingerprint density at radius 2 is 2.00 bits per heavy atom. The zero-order valence-electron chi connectivity index (χ0n) is 8.14. The Morgan fingerprint density at radius 3 is 2.54 bits per heavy atom. The Hall–Kier alpha value is -0.730. The molecule has 2 rings (SSSR count). The van der Waals surface area contributed by atoms with Crippen molar-refractivity contribution in [1.82, 2.24) is 5.32 Å². The first-order valence-corrected chi connectivity index (χ1v) is 5.17. The topological polar surface area (TPSA) is 38.3 Å². The van der Waals surface area contributed by atoms with Crippen LogP contribution in [0.1, 0.15) is 45.4 Å². The van der Waals surface area contributed by atoms with Gasteiger partial charge in [0.05, 0.1) is 0 Å². The predicted molar refractivity (Wildman–Crippen MR) is 49.5 cm³/mol. The van der Waals surface area contributed by atoms with Gasteiger partial charge < -0.3 is 10.1 Å². The monoisotopic (exact) mass is 183 g/mol. The third kappa shape index (κ3) is 2.36. The highest BCUT2D eigenvalue weighted by Crippen LogP contribution is 2.38. The van der Waals surface area contributed by atoms with Gasteiger partial charge >= 0.3 is 6.09 Å². The Balaban J connectivity index is 1.71. The molecule has 74 valence electrons. The maximum atomic E-state index is 11.3. The second-order valence-corrected chi connectivity index (χ2v) is 4.47. The number of ether oxygens (including phenoxy) is 1. The van der Waals surface area contributed by atoms with Gasteiger partial charge in [-0.05, 0) is 32.6 Å². The minimum absolute atomic E-state index is 0.136. The van der Waals surface area contributed by atoms with Gasteiger partial charge in [-0.25, -0.2) is 4.79 Å². The zero-order chi connectivity index (χ0) is 9.31. The van der Waals surface area contributed by atoms with Gasteiger partial charge in [-0.1, -0.05) is 12.8 Å². The van der Waals surface area contributed by atoms with Gasteiger partial charge in [0.15, 0.2) is 0 Å². The number of hydrogen-bond acceptors (Lipinski definition) is 2. The number of alkyl carbamates (subject to hydrolysis) is 1. The normalized spacial score (nSPS) is 25.6. The molecule has 0 radical (unpaired) electrons. The molecule has 2 saturated carbocycles. The number of nitrogens with one attached hydrogen (secondary N) is 1. The molecule has 3 heteroatoms. The predicted octanol–water partition coefficient (Wildman–Crippen LogP) is 2.21. The quantitative estimate of drug-likeness (QED) is 0.712. The molecule has 0 spiro atoms. The van der Waals surface area contributed by atoms with Crippen LogP contribution in [0.2, 0.25) is 0 Å². The van der Waals surface area contributed by atoms with E-state index in [9.17, 15) is 4.79 Å². The van der Waals surface area contributed by atoms with E-state index in [0.29, 0.717) is 6.04 Å². The number of hydrogen-bond donors (Lipinski definition) is 1. The average molecular weight is 183 g/mol. The van der Waals surface area contributed by atoms with Crippen LogP contribution in [0.3, 0.4) is 0 Å². The van der Waals surface area contributed by atoms with Crippen LogP contribution in [0, 0.1) is 0 Å². The molecule has 0 aromatic rings. The van der Waals surface area contributed by atoms with Crippen LogP contribution in [-0.4, -0.2) is 17.7 Å². The van der Waals surface area contributed by atoms with Gasteiger partial charge in [-0.15, -0.1) is 0 Å². The van der Waals surface area contributed by atoms with Gasteiger partial charge in [0.25, 0.3) is 0 Å². The highest BCUT2D eigenvalue weighted by atomic mass is 16.6. The summed E-state index contributed by atoms with van der Waals surface area (Å²) in [5, 5.41) is 2.91. The van der Waals surface area contributed by atoms with E-state index in [2.05, 4.69) is 5.32 Å². The van der Waals surface area contributed by atoms with E-state index >= 15 is 0 Å². The van der Waals surface area contributed by atoms with Crippen LogP contribution in [0.15, 0.2) is 0 Å². The molecule has 0 saturated heterocycles. The number of carbonyl (C=O) groups is 1. The first-order chi connectivity index (χ1) is 6.18. The molecule has 2 aliphatic rings. The molecular weight excluding hydrogens is 166 g/mol. The van der Waals surface area contributed by atoms with E-state index in [4.69, 9.17) is 4.74 Å².